The zero-order chi connectivity index (χ0) is 33.8. The first kappa shape index (κ1) is 29.3. The summed E-state index contributed by atoms with van der Waals surface area (Å²) in [5, 5.41) is 13.0. The Balaban J connectivity index is 1.57. The lowest BCUT2D eigenvalue weighted by Gasteiger charge is -2.29. The molecule has 0 aliphatic heterocycles. The zero-order valence-electron chi connectivity index (χ0n) is 28.6. The minimum atomic E-state index is -0.245. The van der Waals surface area contributed by atoms with Gasteiger partial charge >= 0.3 is 0 Å². The summed E-state index contributed by atoms with van der Waals surface area (Å²) in [6, 6.07) is 15.5. The van der Waals surface area contributed by atoms with Gasteiger partial charge in [-0.15, -0.1) is 0 Å². The highest BCUT2D eigenvalue weighted by molar-refractivity contribution is 6.49. The number of aromatic nitrogens is 2. The van der Waals surface area contributed by atoms with Crippen LogP contribution in [-0.2, 0) is 0 Å². The number of hydrogen-bond acceptors (Lipinski definition) is 4. The molecule has 0 aliphatic rings. The maximum absolute atomic E-state index is 14.5. The molecule has 0 spiro atoms. The molecule has 0 unspecified atom stereocenters. The predicted molar refractivity (Wildman–Crippen MR) is 201 cm³/mol. The molecule has 0 aliphatic carbocycles. The first-order chi connectivity index (χ1) is 22.8. The Kier molecular flexibility index (Phi) is 5.74. The lowest BCUT2D eigenvalue weighted by molar-refractivity contribution is 0.277. The first-order valence-corrected chi connectivity index (χ1v) is 17.3. The van der Waals surface area contributed by atoms with Crippen LogP contribution in [0.5, 0.6) is 0 Å². The number of nitrogens with zero attached hydrogens (tertiary/aromatic N) is 2. The molecule has 48 heavy (non-hydrogen) atoms. The molecule has 7 aromatic carbocycles. The Morgan fingerprint density at radius 3 is 0.792 bits per heavy atom. The fourth-order valence-corrected chi connectivity index (χ4v) is 9.97. The van der Waals surface area contributed by atoms with E-state index in [1.54, 1.807) is 0 Å². The molecule has 0 radical (unpaired) electrons. The number of rotatable bonds is 6. The topological polar surface area (TPSA) is 78.1 Å². The van der Waals surface area contributed by atoms with Crippen LogP contribution in [-0.4, -0.2) is 9.13 Å². The maximum Gasteiger partial charge on any atom is 0.261 e. The van der Waals surface area contributed by atoms with Gasteiger partial charge in [-0.2, -0.15) is 0 Å². The SMILES string of the molecule is CC(C)C(C(C)C)n1c(=O)c2cc3ccc4cc5c(=O)n(C(C(C)C)C(C)C)c(=O)c6cc7ccc8cc(c1=O)c2c1c3c4c(c56)c7c81. The van der Waals surface area contributed by atoms with E-state index in [9.17, 15) is 19.2 Å². The molecule has 0 saturated heterocycles. The molecule has 0 amide bonds. The number of hydrogen-bond donors (Lipinski definition) is 0. The van der Waals surface area contributed by atoms with Gasteiger partial charge in [0.1, 0.15) is 0 Å². The van der Waals surface area contributed by atoms with E-state index in [1.165, 1.54) is 9.13 Å². The van der Waals surface area contributed by atoms with E-state index in [-0.39, 0.29) is 58.0 Å². The molecule has 6 nitrogen and oxygen atoms in total. The van der Waals surface area contributed by atoms with Gasteiger partial charge in [0.2, 0.25) is 0 Å². The maximum atomic E-state index is 14.5. The van der Waals surface area contributed by atoms with Crippen LogP contribution in [0, 0.1) is 23.7 Å². The van der Waals surface area contributed by atoms with E-state index < -0.39 is 0 Å². The van der Waals surface area contributed by atoms with E-state index >= 15 is 0 Å². The third-order valence-electron chi connectivity index (χ3n) is 11.4. The molecule has 0 bridgehead atoms. The first-order valence-electron chi connectivity index (χ1n) is 17.3. The van der Waals surface area contributed by atoms with Gasteiger partial charge in [0.05, 0.1) is 0 Å². The van der Waals surface area contributed by atoms with E-state index in [2.05, 4.69) is 55.4 Å². The highest BCUT2D eigenvalue weighted by atomic mass is 16.2. The zero-order valence-corrected chi connectivity index (χ0v) is 28.6. The standard InChI is InChI=1S/C42H38N2O4/c1-17(2)37(18(3)4)43-39(45)25-13-21-9-11-23-15-27-34-28(42(48)44(41(27)47)38(19(5)6)20(7)8)16-24-12-10-22-14-26(40(43)46)33(25)35-29(21)31(23)36(34)32(24)30(22)35/h9-20,37-38H,1-8H3. The van der Waals surface area contributed by atoms with Crippen molar-refractivity contribution in [2.75, 3.05) is 0 Å². The third kappa shape index (κ3) is 3.33. The average Bonchev–Trinajstić information content (AvgIpc) is 3.03. The second kappa shape index (κ2) is 9.40. The Bertz CT molecular complexity index is 2610. The molecule has 0 atom stereocenters. The van der Waals surface area contributed by atoms with Crippen molar-refractivity contribution < 1.29 is 0 Å². The normalized spacial score (nSPS) is 13.6. The summed E-state index contributed by atoms with van der Waals surface area (Å²) < 4.78 is 3.02. The van der Waals surface area contributed by atoms with E-state index in [0.717, 1.165) is 53.9 Å². The van der Waals surface area contributed by atoms with Gasteiger partial charge in [0.25, 0.3) is 22.2 Å². The molecule has 2 aromatic heterocycles. The second-order valence-corrected chi connectivity index (χ2v) is 15.6. The predicted octanol–water partition coefficient (Wildman–Crippen LogP) is 8.85. The van der Waals surface area contributed by atoms with E-state index in [4.69, 9.17) is 0 Å². The van der Waals surface area contributed by atoms with E-state index in [0.29, 0.717) is 32.3 Å². The largest absolute Gasteiger partial charge is 0.271 e. The summed E-state index contributed by atoms with van der Waals surface area (Å²) in [6.45, 7) is 16.5. The van der Waals surface area contributed by atoms with Crippen molar-refractivity contribution in [1.29, 1.82) is 0 Å². The van der Waals surface area contributed by atoms with Gasteiger partial charge in [-0.05, 0) is 91.0 Å². The van der Waals surface area contributed by atoms with Crippen molar-refractivity contribution in [3.63, 3.8) is 0 Å². The summed E-state index contributed by atoms with van der Waals surface area (Å²) in [5.74, 6) is 0.382. The fraction of sp³-hybridized carbons (Fsp3) is 0.333. The summed E-state index contributed by atoms with van der Waals surface area (Å²) in [4.78, 5) is 57.8. The third-order valence-corrected chi connectivity index (χ3v) is 11.4. The van der Waals surface area contributed by atoms with Gasteiger partial charge in [-0.3, -0.25) is 28.3 Å². The Morgan fingerprint density at radius 2 is 0.583 bits per heavy atom. The van der Waals surface area contributed by atoms with Crippen LogP contribution in [0.15, 0.2) is 67.7 Å². The van der Waals surface area contributed by atoms with Crippen LogP contribution < -0.4 is 22.2 Å². The summed E-state index contributed by atoms with van der Waals surface area (Å²) in [6.07, 6.45) is 0. The molecule has 0 N–H and O–H groups in total. The highest BCUT2D eigenvalue weighted by Gasteiger charge is 2.31. The molecular formula is C42H38N2O4. The Hall–Kier alpha value is -4.84. The average molecular weight is 635 g/mol. The number of benzene rings is 7. The second-order valence-electron chi connectivity index (χ2n) is 15.6. The van der Waals surface area contributed by atoms with Crippen LogP contribution in [0.25, 0.3) is 86.2 Å². The monoisotopic (exact) mass is 634 g/mol. The van der Waals surface area contributed by atoms with Crippen LogP contribution in [0.4, 0.5) is 0 Å². The lowest BCUT2D eigenvalue weighted by Crippen LogP contribution is -2.40. The van der Waals surface area contributed by atoms with Crippen molar-refractivity contribution >= 4 is 86.2 Å². The van der Waals surface area contributed by atoms with E-state index in [1.807, 2.05) is 48.5 Å². The van der Waals surface area contributed by atoms with Gasteiger partial charge in [0.15, 0.2) is 0 Å². The van der Waals surface area contributed by atoms with Crippen LogP contribution in [0.3, 0.4) is 0 Å². The quantitative estimate of drug-likeness (QED) is 0.135. The van der Waals surface area contributed by atoms with Crippen molar-refractivity contribution in [3.05, 3.63) is 89.9 Å². The lowest BCUT2D eigenvalue weighted by atomic mass is 9.80. The van der Waals surface area contributed by atoms with Gasteiger partial charge < -0.3 is 0 Å². The summed E-state index contributed by atoms with van der Waals surface area (Å²) in [5.41, 5.74) is -0.979. The number of pyridine rings is 2. The van der Waals surface area contributed by atoms with Crippen molar-refractivity contribution in [1.82, 2.24) is 9.13 Å². The molecule has 240 valence electrons. The molecule has 0 fully saturated rings. The molecule has 9 rings (SSSR count). The minimum Gasteiger partial charge on any atom is -0.271 e. The molecule has 9 aromatic rings. The smallest absolute Gasteiger partial charge is 0.261 e. The van der Waals surface area contributed by atoms with Crippen molar-refractivity contribution in [2.45, 2.75) is 67.5 Å². The molecular weight excluding hydrogens is 596 g/mol. The van der Waals surface area contributed by atoms with Crippen LogP contribution in [0.2, 0.25) is 0 Å². The molecule has 0 saturated carbocycles. The molecule has 2 heterocycles. The Labute approximate surface area is 275 Å². The fourth-order valence-electron chi connectivity index (χ4n) is 9.97. The van der Waals surface area contributed by atoms with Gasteiger partial charge in [-0.1, -0.05) is 79.7 Å². The van der Waals surface area contributed by atoms with Crippen molar-refractivity contribution in [3.8, 4) is 0 Å². The minimum absolute atomic E-state index is 0.0955. The van der Waals surface area contributed by atoms with Gasteiger partial charge in [-0.25, -0.2) is 0 Å². The summed E-state index contributed by atoms with van der Waals surface area (Å²) in [7, 11) is 0. The Morgan fingerprint density at radius 1 is 0.354 bits per heavy atom. The van der Waals surface area contributed by atoms with Crippen LogP contribution in [0.1, 0.15) is 67.5 Å². The van der Waals surface area contributed by atoms with Crippen molar-refractivity contribution in [2.24, 2.45) is 23.7 Å². The molecule has 6 heteroatoms. The highest BCUT2D eigenvalue weighted by Crippen LogP contribution is 2.51. The van der Waals surface area contributed by atoms with Crippen LogP contribution >= 0.6 is 0 Å². The summed E-state index contributed by atoms with van der Waals surface area (Å²) >= 11 is 0. The van der Waals surface area contributed by atoms with Gasteiger partial charge in [0, 0.05) is 55.2 Å².